The Bertz CT molecular complexity index is 604. The number of nitro groups is 1. The van der Waals surface area contributed by atoms with Gasteiger partial charge in [-0.1, -0.05) is 23.2 Å². The molecule has 0 amide bonds. The van der Waals surface area contributed by atoms with Gasteiger partial charge in [0.05, 0.1) is 14.8 Å². The van der Waals surface area contributed by atoms with E-state index in [0.29, 0.717) is 15.2 Å². The number of rotatable bonds is 1. The van der Waals surface area contributed by atoms with Crippen molar-refractivity contribution in [2.45, 2.75) is 0 Å². The van der Waals surface area contributed by atoms with Gasteiger partial charge in [0.2, 0.25) is 0 Å². The number of benzene rings is 1. The minimum Gasteiger partial charge on any atom is -0.258 e. The minimum absolute atomic E-state index is 0.0699. The van der Waals surface area contributed by atoms with Crippen molar-refractivity contribution in [2.24, 2.45) is 0 Å². The van der Waals surface area contributed by atoms with Crippen LogP contribution in [0.25, 0.3) is 10.8 Å². The summed E-state index contributed by atoms with van der Waals surface area (Å²) in [6.45, 7) is 0. The molecule has 1 heterocycles. The molecule has 0 aliphatic heterocycles. The Hall–Kier alpha value is -0.910. The first-order chi connectivity index (χ1) is 7.52. The van der Waals surface area contributed by atoms with Gasteiger partial charge < -0.3 is 0 Å². The molecule has 0 atom stereocenters. The summed E-state index contributed by atoms with van der Waals surface area (Å²) < 4.78 is 0.487. The van der Waals surface area contributed by atoms with E-state index in [2.05, 4.69) is 20.9 Å². The molecular formula is C9H3BrCl2N2O2. The number of nitrogens with zero attached hydrogens (tertiary/aromatic N) is 2. The van der Waals surface area contributed by atoms with Gasteiger partial charge in [0, 0.05) is 11.6 Å². The molecule has 1 aromatic carbocycles. The Morgan fingerprint density at radius 2 is 2.06 bits per heavy atom. The van der Waals surface area contributed by atoms with E-state index in [9.17, 15) is 10.1 Å². The zero-order chi connectivity index (χ0) is 11.9. The summed E-state index contributed by atoms with van der Waals surface area (Å²) >= 11 is 14.9. The Labute approximate surface area is 108 Å². The van der Waals surface area contributed by atoms with E-state index in [1.165, 1.54) is 12.3 Å². The number of pyridine rings is 1. The molecule has 2 rings (SSSR count). The van der Waals surface area contributed by atoms with Gasteiger partial charge in [0.25, 0.3) is 5.69 Å². The summed E-state index contributed by atoms with van der Waals surface area (Å²) in [5, 5.41) is 12.1. The lowest BCUT2D eigenvalue weighted by Gasteiger charge is -2.04. The lowest BCUT2D eigenvalue weighted by molar-refractivity contribution is -0.382. The first kappa shape index (κ1) is 11.6. The molecule has 0 radical (unpaired) electrons. The van der Waals surface area contributed by atoms with Crippen LogP contribution < -0.4 is 0 Å². The highest BCUT2D eigenvalue weighted by atomic mass is 79.9. The van der Waals surface area contributed by atoms with E-state index < -0.39 is 4.92 Å². The first-order valence-corrected chi connectivity index (χ1v) is 5.64. The van der Waals surface area contributed by atoms with Gasteiger partial charge in [-0.3, -0.25) is 10.1 Å². The fourth-order valence-corrected chi connectivity index (χ4v) is 2.34. The predicted octanol–water partition coefficient (Wildman–Crippen LogP) is 4.21. The van der Waals surface area contributed by atoms with E-state index in [1.807, 2.05) is 0 Å². The van der Waals surface area contributed by atoms with Gasteiger partial charge in [0.15, 0.2) is 0 Å². The van der Waals surface area contributed by atoms with Gasteiger partial charge in [0.1, 0.15) is 10.2 Å². The number of hydrogen-bond acceptors (Lipinski definition) is 3. The second-order valence-electron chi connectivity index (χ2n) is 2.97. The van der Waals surface area contributed by atoms with Crippen LogP contribution in [0.5, 0.6) is 0 Å². The van der Waals surface area contributed by atoms with Crippen molar-refractivity contribution in [3.63, 3.8) is 0 Å². The van der Waals surface area contributed by atoms with Crippen molar-refractivity contribution in [1.82, 2.24) is 4.98 Å². The van der Waals surface area contributed by atoms with Crippen LogP contribution in [0.3, 0.4) is 0 Å². The summed E-state index contributed by atoms with van der Waals surface area (Å²) in [6.07, 6.45) is 1.41. The molecule has 16 heavy (non-hydrogen) atoms. The van der Waals surface area contributed by atoms with Crippen LogP contribution in [0.15, 0.2) is 22.8 Å². The summed E-state index contributed by atoms with van der Waals surface area (Å²) in [6, 6.07) is 3.03. The first-order valence-electron chi connectivity index (χ1n) is 4.09. The third-order valence-corrected chi connectivity index (χ3v) is 3.27. The lowest BCUT2D eigenvalue weighted by Crippen LogP contribution is -1.93. The van der Waals surface area contributed by atoms with Crippen LogP contribution in [0.2, 0.25) is 10.2 Å². The summed E-state index contributed by atoms with van der Waals surface area (Å²) in [7, 11) is 0. The van der Waals surface area contributed by atoms with Crippen molar-refractivity contribution in [3.05, 3.63) is 43.1 Å². The number of aromatic nitrogens is 1. The maximum atomic E-state index is 10.9. The molecular weight excluding hydrogens is 319 g/mol. The van der Waals surface area contributed by atoms with Gasteiger partial charge in [-0.05, 0) is 28.1 Å². The fourth-order valence-electron chi connectivity index (χ4n) is 1.41. The Balaban J connectivity index is 3.02. The third-order valence-electron chi connectivity index (χ3n) is 2.06. The molecule has 2 aromatic rings. The van der Waals surface area contributed by atoms with Gasteiger partial charge in [-0.25, -0.2) is 4.98 Å². The maximum absolute atomic E-state index is 10.9. The van der Waals surface area contributed by atoms with Crippen LogP contribution in [-0.2, 0) is 0 Å². The van der Waals surface area contributed by atoms with Crippen LogP contribution in [0.1, 0.15) is 0 Å². The fraction of sp³-hybridized carbons (Fsp3) is 0. The van der Waals surface area contributed by atoms with E-state index in [4.69, 9.17) is 23.2 Å². The molecule has 82 valence electrons. The molecule has 0 saturated carbocycles. The van der Waals surface area contributed by atoms with Crippen molar-refractivity contribution in [1.29, 1.82) is 0 Å². The molecule has 0 unspecified atom stereocenters. The molecule has 0 fully saturated rings. The molecule has 0 N–H and O–H groups in total. The van der Waals surface area contributed by atoms with Gasteiger partial charge >= 0.3 is 0 Å². The summed E-state index contributed by atoms with van der Waals surface area (Å²) in [4.78, 5) is 14.3. The number of hydrogen-bond donors (Lipinski definition) is 0. The van der Waals surface area contributed by atoms with Crippen LogP contribution in [0, 0.1) is 10.1 Å². The topological polar surface area (TPSA) is 56.0 Å². The zero-order valence-electron chi connectivity index (χ0n) is 7.58. The van der Waals surface area contributed by atoms with Crippen LogP contribution >= 0.6 is 39.1 Å². The molecule has 0 saturated heterocycles. The Morgan fingerprint density at radius 3 is 2.69 bits per heavy atom. The zero-order valence-corrected chi connectivity index (χ0v) is 10.7. The Morgan fingerprint density at radius 1 is 1.38 bits per heavy atom. The smallest absolute Gasteiger partial charge is 0.258 e. The summed E-state index contributed by atoms with van der Waals surface area (Å²) in [5.41, 5.74) is -0.171. The van der Waals surface area contributed by atoms with Crippen molar-refractivity contribution in [3.8, 4) is 0 Å². The van der Waals surface area contributed by atoms with E-state index in [-0.39, 0.29) is 15.9 Å². The number of nitro benzene ring substituents is 1. The lowest BCUT2D eigenvalue weighted by atomic mass is 10.1. The molecule has 4 nitrogen and oxygen atoms in total. The maximum Gasteiger partial charge on any atom is 0.296 e. The minimum atomic E-state index is -0.536. The monoisotopic (exact) mass is 320 g/mol. The molecule has 0 aliphatic rings. The van der Waals surface area contributed by atoms with Crippen LogP contribution in [0.4, 0.5) is 5.69 Å². The van der Waals surface area contributed by atoms with E-state index in [1.54, 1.807) is 6.07 Å². The third kappa shape index (κ3) is 1.75. The van der Waals surface area contributed by atoms with Crippen molar-refractivity contribution in [2.75, 3.05) is 0 Å². The number of halogens is 3. The molecule has 0 spiro atoms. The molecule has 7 heteroatoms. The predicted molar refractivity (Wildman–Crippen MR) is 66.1 cm³/mol. The highest BCUT2D eigenvalue weighted by Gasteiger charge is 2.21. The average molecular weight is 322 g/mol. The second kappa shape index (κ2) is 4.16. The van der Waals surface area contributed by atoms with E-state index >= 15 is 0 Å². The molecule has 0 aliphatic carbocycles. The Kier molecular flexibility index (Phi) is 3.01. The van der Waals surface area contributed by atoms with E-state index in [0.717, 1.165) is 0 Å². The van der Waals surface area contributed by atoms with Gasteiger partial charge in [-0.2, -0.15) is 0 Å². The molecule has 0 bridgehead atoms. The number of fused-ring (bicyclic) bond motifs is 1. The van der Waals surface area contributed by atoms with Crippen molar-refractivity contribution >= 4 is 55.6 Å². The standard InChI is InChI=1S/C9H3BrCl2N2O2/c10-5-3-13-9(12)4-1-2-6(11)8(7(4)5)14(15)16/h1-3H. The van der Waals surface area contributed by atoms with Gasteiger partial charge in [-0.15, -0.1) is 0 Å². The van der Waals surface area contributed by atoms with Crippen LogP contribution in [-0.4, -0.2) is 9.91 Å². The molecule has 1 aromatic heterocycles. The largest absolute Gasteiger partial charge is 0.296 e. The SMILES string of the molecule is O=[N+]([O-])c1c(Cl)ccc2c(Cl)ncc(Br)c12. The highest BCUT2D eigenvalue weighted by molar-refractivity contribution is 9.10. The quantitative estimate of drug-likeness (QED) is 0.449. The average Bonchev–Trinajstić information content (AvgIpc) is 2.23. The second-order valence-corrected chi connectivity index (χ2v) is 4.59. The van der Waals surface area contributed by atoms with Crippen molar-refractivity contribution < 1.29 is 4.92 Å². The highest BCUT2D eigenvalue weighted by Crippen LogP contribution is 2.39. The summed E-state index contributed by atoms with van der Waals surface area (Å²) in [5.74, 6) is 0. The normalized spacial score (nSPS) is 10.7.